The van der Waals surface area contributed by atoms with Crippen LogP contribution in [0.4, 0.5) is 33.1 Å². The molecule has 1 saturated heterocycles. The van der Waals surface area contributed by atoms with Crippen molar-refractivity contribution in [3.8, 4) is 0 Å². The fourth-order valence-corrected chi connectivity index (χ4v) is 3.73. The largest absolute Gasteiger partial charge is 0.368 e. The third kappa shape index (κ3) is 4.36. The molecule has 1 aliphatic rings. The van der Waals surface area contributed by atoms with E-state index in [0.29, 0.717) is 36.9 Å². The molecule has 8 nitrogen and oxygen atoms in total. The monoisotopic (exact) mass is 442 g/mol. The predicted octanol–water partition coefficient (Wildman–Crippen LogP) is 4.56. The Morgan fingerprint density at radius 2 is 1.74 bits per heavy atom. The van der Waals surface area contributed by atoms with Crippen molar-refractivity contribution in [2.45, 2.75) is 6.92 Å². The molecule has 1 aromatic heterocycles. The van der Waals surface area contributed by atoms with Crippen LogP contribution in [0.2, 0.25) is 5.02 Å². The summed E-state index contributed by atoms with van der Waals surface area (Å²) in [5.41, 5.74) is 2.14. The maximum absolute atomic E-state index is 13.2. The summed E-state index contributed by atoms with van der Waals surface area (Å²) in [5, 5.41) is 15.5. The third-order valence-electron chi connectivity index (χ3n) is 5.28. The van der Waals surface area contributed by atoms with Crippen molar-refractivity contribution >= 4 is 40.3 Å². The SMILES string of the molecule is Cc1c(Cl)cccc1Nc1ncnc(N2CCN(c3ccc(F)cc3)CC2)c1[N+](=O)[O-]. The number of hydrogen-bond donors (Lipinski definition) is 1. The Morgan fingerprint density at radius 3 is 2.42 bits per heavy atom. The predicted molar refractivity (Wildman–Crippen MR) is 119 cm³/mol. The lowest BCUT2D eigenvalue weighted by Gasteiger charge is -2.36. The summed E-state index contributed by atoms with van der Waals surface area (Å²) in [4.78, 5) is 23.8. The maximum Gasteiger partial charge on any atom is 0.353 e. The number of nitrogens with zero attached hydrogens (tertiary/aromatic N) is 5. The quantitative estimate of drug-likeness (QED) is 0.458. The normalized spacial score (nSPS) is 13.9. The highest BCUT2D eigenvalue weighted by Crippen LogP contribution is 2.35. The molecule has 31 heavy (non-hydrogen) atoms. The minimum atomic E-state index is -0.468. The molecule has 0 atom stereocenters. The van der Waals surface area contributed by atoms with Crippen LogP contribution in [0.15, 0.2) is 48.8 Å². The second kappa shape index (κ2) is 8.73. The van der Waals surface area contributed by atoms with Gasteiger partial charge in [0, 0.05) is 42.6 Å². The summed E-state index contributed by atoms with van der Waals surface area (Å²) < 4.78 is 13.2. The number of anilines is 4. The molecule has 160 valence electrons. The highest BCUT2D eigenvalue weighted by molar-refractivity contribution is 6.31. The summed E-state index contributed by atoms with van der Waals surface area (Å²) >= 11 is 6.17. The first-order valence-electron chi connectivity index (χ1n) is 9.71. The minimum Gasteiger partial charge on any atom is -0.368 e. The van der Waals surface area contributed by atoms with Crippen LogP contribution in [-0.2, 0) is 0 Å². The van der Waals surface area contributed by atoms with Gasteiger partial charge in [0.25, 0.3) is 0 Å². The van der Waals surface area contributed by atoms with Crippen LogP contribution in [0.25, 0.3) is 0 Å². The van der Waals surface area contributed by atoms with Gasteiger partial charge in [-0.15, -0.1) is 0 Å². The molecule has 0 radical (unpaired) electrons. The highest BCUT2D eigenvalue weighted by atomic mass is 35.5. The van der Waals surface area contributed by atoms with E-state index in [1.54, 1.807) is 30.3 Å². The molecular weight excluding hydrogens is 423 g/mol. The van der Waals surface area contributed by atoms with E-state index in [4.69, 9.17) is 11.6 Å². The van der Waals surface area contributed by atoms with Crippen LogP contribution < -0.4 is 15.1 Å². The van der Waals surface area contributed by atoms with E-state index in [1.165, 1.54) is 18.5 Å². The minimum absolute atomic E-state index is 0.112. The van der Waals surface area contributed by atoms with E-state index in [1.807, 2.05) is 11.8 Å². The van der Waals surface area contributed by atoms with Crippen molar-refractivity contribution in [1.82, 2.24) is 9.97 Å². The topological polar surface area (TPSA) is 87.4 Å². The van der Waals surface area contributed by atoms with Gasteiger partial charge in [-0.25, -0.2) is 14.4 Å². The second-order valence-corrected chi connectivity index (χ2v) is 7.55. The molecule has 2 heterocycles. The molecule has 2 aromatic carbocycles. The van der Waals surface area contributed by atoms with Gasteiger partial charge in [0.2, 0.25) is 11.6 Å². The number of nitrogens with one attached hydrogen (secondary N) is 1. The van der Waals surface area contributed by atoms with Gasteiger partial charge in [-0.1, -0.05) is 17.7 Å². The summed E-state index contributed by atoms with van der Waals surface area (Å²) in [7, 11) is 0. The maximum atomic E-state index is 13.2. The summed E-state index contributed by atoms with van der Waals surface area (Å²) in [6.07, 6.45) is 1.32. The van der Waals surface area contributed by atoms with Crippen molar-refractivity contribution in [1.29, 1.82) is 0 Å². The van der Waals surface area contributed by atoms with Crippen molar-refractivity contribution in [3.05, 3.63) is 75.3 Å². The van der Waals surface area contributed by atoms with Gasteiger partial charge in [0.15, 0.2) is 0 Å². The van der Waals surface area contributed by atoms with E-state index in [0.717, 1.165) is 11.3 Å². The lowest BCUT2D eigenvalue weighted by molar-refractivity contribution is -0.383. The Balaban J connectivity index is 1.58. The average molecular weight is 443 g/mol. The van der Waals surface area contributed by atoms with Crippen LogP contribution >= 0.6 is 11.6 Å². The Hall–Kier alpha value is -3.46. The standard InChI is InChI=1S/C21H20ClFN6O2/c1-14-17(22)3-2-4-18(14)26-20-19(29(30)31)21(25-13-24-20)28-11-9-27(10-12-28)16-7-5-15(23)6-8-16/h2-8,13H,9-12H2,1H3,(H,24,25,26). The van der Waals surface area contributed by atoms with Crippen LogP contribution in [0.5, 0.6) is 0 Å². The molecular formula is C21H20ClFN6O2. The Morgan fingerprint density at radius 1 is 1.06 bits per heavy atom. The fraction of sp³-hybridized carbons (Fsp3) is 0.238. The smallest absolute Gasteiger partial charge is 0.353 e. The van der Waals surface area contributed by atoms with Gasteiger partial charge in [-0.2, -0.15) is 0 Å². The molecule has 1 fully saturated rings. The number of aromatic nitrogens is 2. The molecule has 4 rings (SSSR count). The van der Waals surface area contributed by atoms with Gasteiger partial charge in [-0.05, 0) is 48.9 Å². The summed E-state index contributed by atoms with van der Waals surface area (Å²) in [6, 6.07) is 11.6. The first-order chi connectivity index (χ1) is 14.9. The number of hydrogen-bond acceptors (Lipinski definition) is 7. The number of piperazine rings is 1. The number of nitro groups is 1. The first kappa shape index (κ1) is 20.8. The van der Waals surface area contributed by atoms with E-state index in [-0.39, 0.29) is 23.1 Å². The zero-order valence-corrected chi connectivity index (χ0v) is 17.5. The molecule has 0 saturated carbocycles. The molecule has 0 amide bonds. The zero-order valence-electron chi connectivity index (χ0n) is 16.8. The van der Waals surface area contributed by atoms with Crippen LogP contribution in [0.1, 0.15) is 5.56 Å². The third-order valence-corrected chi connectivity index (χ3v) is 5.69. The Labute approximate surface area is 183 Å². The number of halogens is 2. The van der Waals surface area contributed by atoms with Gasteiger partial charge < -0.3 is 15.1 Å². The zero-order chi connectivity index (χ0) is 22.0. The van der Waals surface area contributed by atoms with E-state index in [9.17, 15) is 14.5 Å². The molecule has 10 heteroatoms. The fourth-order valence-electron chi connectivity index (χ4n) is 3.56. The van der Waals surface area contributed by atoms with Gasteiger partial charge >= 0.3 is 5.69 Å². The lowest BCUT2D eigenvalue weighted by atomic mass is 10.2. The van der Waals surface area contributed by atoms with Gasteiger partial charge in [0.05, 0.1) is 4.92 Å². The lowest BCUT2D eigenvalue weighted by Crippen LogP contribution is -2.47. The van der Waals surface area contributed by atoms with E-state index < -0.39 is 4.92 Å². The van der Waals surface area contributed by atoms with Crippen molar-refractivity contribution < 1.29 is 9.31 Å². The molecule has 0 bridgehead atoms. The van der Waals surface area contributed by atoms with Crippen LogP contribution in [0, 0.1) is 22.9 Å². The van der Waals surface area contributed by atoms with Crippen LogP contribution in [-0.4, -0.2) is 41.1 Å². The molecule has 1 N–H and O–H groups in total. The second-order valence-electron chi connectivity index (χ2n) is 7.14. The Bertz CT molecular complexity index is 1100. The first-order valence-corrected chi connectivity index (χ1v) is 10.1. The summed E-state index contributed by atoms with van der Waals surface area (Å²) in [5.74, 6) is 0.0937. The Kier molecular flexibility index (Phi) is 5.85. The molecule has 0 aliphatic carbocycles. The van der Waals surface area contributed by atoms with Crippen molar-refractivity contribution in [2.24, 2.45) is 0 Å². The highest BCUT2D eigenvalue weighted by Gasteiger charge is 2.29. The van der Waals surface area contributed by atoms with Gasteiger partial charge in [0.1, 0.15) is 12.1 Å². The van der Waals surface area contributed by atoms with Crippen molar-refractivity contribution in [3.63, 3.8) is 0 Å². The molecule has 1 aliphatic heterocycles. The molecule has 3 aromatic rings. The number of benzene rings is 2. The van der Waals surface area contributed by atoms with Gasteiger partial charge in [-0.3, -0.25) is 10.1 Å². The van der Waals surface area contributed by atoms with E-state index >= 15 is 0 Å². The molecule has 0 spiro atoms. The van der Waals surface area contributed by atoms with Crippen molar-refractivity contribution in [2.75, 3.05) is 41.3 Å². The van der Waals surface area contributed by atoms with E-state index in [2.05, 4.69) is 20.2 Å². The summed E-state index contributed by atoms with van der Waals surface area (Å²) in [6.45, 7) is 4.15. The number of rotatable bonds is 5. The van der Waals surface area contributed by atoms with Crippen LogP contribution in [0.3, 0.4) is 0 Å². The molecule has 0 unspecified atom stereocenters. The average Bonchev–Trinajstić information content (AvgIpc) is 2.77.